The zero-order valence-corrected chi connectivity index (χ0v) is 23.1. The average Bonchev–Trinajstić information content (AvgIpc) is 2.96. The molecule has 5 nitrogen and oxygen atoms in total. The summed E-state index contributed by atoms with van der Waals surface area (Å²) in [5.74, 6) is 1.68. The minimum absolute atomic E-state index is 0.162. The Labute approximate surface area is 233 Å². The molecular weight excluding hydrogens is 508 g/mol. The lowest BCUT2D eigenvalue weighted by Gasteiger charge is -2.22. The molecule has 39 heavy (non-hydrogen) atoms. The lowest BCUT2D eigenvalue weighted by atomic mass is 10.1. The molecule has 1 aliphatic rings. The maximum absolute atomic E-state index is 12.1. The van der Waals surface area contributed by atoms with Crippen LogP contribution in [0, 0.1) is 13.8 Å². The first-order chi connectivity index (χ1) is 19.1. The van der Waals surface area contributed by atoms with E-state index in [0.717, 1.165) is 36.1 Å². The number of hydrogen-bond donors (Lipinski definition) is 0. The fourth-order valence-corrected chi connectivity index (χ4v) is 6.82. The standard InChI is InChI=1S/C33H33O5S/c1-24-21-30(39(28-11-5-3-6-12-28)29-13-7-4-8-14-29)22-25(2)33(24)37-27-18-16-26(17-19-27)36-23-31(34)38-32-15-9-10-20-35-32/h3-8,11-14,16-19,21-22,32H,9-10,15,20,23H2,1-2H3/q+1. The van der Waals surface area contributed by atoms with Crippen LogP contribution in [0.5, 0.6) is 17.2 Å². The van der Waals surface area contributed by atoms with Crippen molar-refractivity contribution in [1.29, 1.82) is 0 Å². The molecule has 5 rings (SSSR count). The molecule has 1 fully saturated rings. The van der Waals surface area contributed by atoms with Crippen molar-refractivity contribution in [3.8, 4) is 17.2 Å². The zero-order chi connectivity index (χ0) is 27.0. The largest absolute Gasteiger partial charge is 0.482 e. The molecule has 6 heteroatoms. The Hall–Kier alpha value is -3.74. The van der Waals surface area contributed by atoms with E-state index in [4.69, 9.17) is 18.9 Å². The first-order valence-corrected chi connectivity index (χ1v) is 14.5. The van der Waals surface area contributed by atoms with E-state index >= 15 is 0 Å². The van der Waals surface area contributed by atoms with Gasteiger partial charge in [0.1, 0.15) is 17.2 Å². The molecule has 0 radical (unpaired) electrons. The number of ether oxygens (including phenoxy) is 4. The van der Waals surface area contributed by atoms with Crippen LogP contribution in [0.3, 0.4) is 0 Å². The van der Waals surface area contributed by atoms with E-state index in [1.807, 2.05) is 12.1 Å². The molecule has 1 heterocycles. The first-order valence-electron chi connectivity index (χ1n) is 13.2. The summed E-state index contributed by atoms with van der Waals surface area (Å²) in [5, 5.41) is 0. The van der Waals surface area contributed by atoms with Crippen molar-refractivity contribution in [1.82, 2.24) is 0 Å². The molecule has 0 saturated carbocycles. The zero-order valence-electron chi connectivity index (χ0n) is 22.3. The molecule has 1 atom stereocenters. The van der Waals surface area contributed by atoms with Crippen molar-refractivity contribution in [2.75, 3.05) is 13.2 Å². The number of hydrogen-bond acceptors (Lipinski definition) is 5. The fraction of sp³-hybridized carbons (Fsp3) is 0.242. The normalized spacial score (nSPS) is 15.1. The molecule has 0 bridgehead atoms. The van der Waals surface area contributed by atoms with Gasteiger partial charge in [-0.3, -0.25) is 0 Å². The number of benzene rings is 4. The number of carbonyl (C=O) groups is 1. The molecule has 1 saturated heterocycles. The second-order valence-corrected chi connectivity index (χ2v) is 11.5. The Morgan fingerprint density at radius 2 is 1.38 bits per heavy atom. The van der Waals surface area contributed by atoms with Crippen LogP contribution in [0.25, 0.3) is 0 Å². The summed E-state index contributed by atoms with van der Waals surface area (Å²) >= 11 is 0. The van der Waals surface area contributed by atoms with Gasteiger partial charge in [0.05, 0.1) is 17.5 Å². The van der Waals surface area contributed by atoms with Gasteiger partial charge in [-0.15, -0.1) is 0 Å². The van der Waals surface area contributed by atoms with Crippen LogP contribution in [-0.4, -0.2) is 25.5 Å². The molecule has 1 unspecified atom stereocenters. The van der Waals surface area contributed by atoms with Crippen molar-refractivity contribution in [2.45, 2.75) is 54.1 Å². The number of esters is 1. The van der Waals surface area contributed by atoms with Crippen LogP contribution < -0.4 is 9.47 Å². The molecule has 1 aliphatic heterocycles. The van der Waals surface area contributed by atoms with Gasteiger partial charge in [0.2, 0.25) is 6.29 Å². The van der Waals surface area contributed by atoms with Gasteiger partial charge in [0, 0.05) is 18.6 Å². The van der Waals surface area contributed by atoms with Gasteiger partial charge in [-0.2, -0.15) is 0 Å². The van der Waals surface area contributed by atoms with E-state index in [1.54, 1.807) is 12.1 Å². The second kappa shape index (κ2) is 12.9. The summed E-state index contributed by atoms with van der Waals surface area (Å²) in [6.45, 7) is 4.64. The maximum Gasteiger partial charge on any atom is 0.346 e. The van der Waals surface area contributed by atoms with Crippen LogP contribution in [0.4, 0.5) is 0 Å². The Kier molecular flexibility index (Phi) is 8.86. The third-order valence-corrected chi connectivity index (χ3v) is 8.62. The molecule has 0 aliphatic carbocycles. The predicted octanol–water partition coefficient (Wildman–Crippen LogP) is 7.64. The Morgan fingerprint density at radius 3 is 1.95 bits per heavy atom. The molecule has 4 aromatic carbocycles. The maximum atomic E-state index is 12.1. The fourth-order valence-electron chi connectivity index (χ4n) is 4.56. The Balaban J connectivity index is 1.27. The number of carbonyl (C=O) groups excluding carboxylic acids is 1. The smallest absolute Gasteiger partial charge is 0.346 e. The van der Waals surface area contributed by atoms with E-state index < -0.39 is 12.3 Å². The molecule has 0 spiro atoms. The van der Waals surface area contributed by atoms with Crippen LogP contribution in [0.15, 0.2) is 112 Å². The van der Waals surface area contributed by atoms with Gasteiger partial charge >= 0.3 is 5.97 Å². The SMILES string of the molecule is Cc1cc([S+](c2ccccc2)c2ccccc2)cc(C)c1Oc1ccc(OCC(=O)OC2CCCCO2)cc1. The highest BCUT2D eigenvalue weighted by Crippen LogP contribution is 2.37. The van der Waals surface area contributed by atoms with E-state index in [9.17, 15) is 4.79 Å². The van der Waals surface area contributed by atoms with Gasteiger partial charge in [0.25, 0.3) is 0 Å². The monoisotopic (exact) mass is 541 g/mol. The summed E-state index contributed by atoms with van der Waals surface area (Å²) in [7, 11) is -0.220. The number of aryl methyl sites for hydroxylation is 2. The van der Waals surface area contributed by atoms with E-state index in [0.29, 0.717) is 18.1 Å². The topological polar surface area (TPSA) is 54.0 Å². The summed E-state index contributed by atoms with van der Waals surface area (Å²) < 4.78 is 22.7. The van der Waals surface area contributed by atoms with Gasteiger partial charge in [-0.25, -0.2) is 4.79 Å². The van der Waals surface area contributed by atoms with Crippen molar-refractivity contribution < 1.29 is 23.7 Å². The van der Waals surface area contributed by atoms with Crippen LogP contribution >= 0.6 is 0 Å². The van der Waals surface area contributed by atoms with Crippen molar-refractivity contribution >= 4 is 16.9 Å². The molecule has 4 aromatic rings. The third kappa shape index (κ3) is 7.02. The molecular formula is C33H33O5S+. The van der Waals surface area contributed by atoms with Crippen molar-refractivity contribution in [3.05, 3.63) is 108 Å². The van der Waals surface area contributed by atoms with Crippen molar-refractivity contribution in [2.24, 2.45) is 0 Å². The minimum Gasteiger partial charge on any atom is -0.482 e. The minimum atomic E-state index is -0.459. The first kappa shape index (κ1) is 26.9. The van der Waals surface area contributed by atoms with Gasteiger partial charge in [0.15, 0.2) is 21.3 Å². The van der Waals surface area contributed by atoms with Gasteiger partial charge < -0.3 is 18.9 Å². The summed E-state index contributed by atoms with van der Waals surface area (Å²) in [5.41, 5.74) is 2.14. The van der Waals surface area contributed by atoms with Crippen LogP contribution in [0.2, 0.25) is 0 Å². The number of rotatable bonds is 9. The quantitative estimate of drug-likeness (QED) is 0.161. The molecule has 0 aromatic heterocycles. The molecule has 200 valence electrons. The highest BCUT2D eigenvalue weighted by Gasteiger charge is 2.29. The van der Waals surface area contributed by atoms with Crippen LogP contribution in [-0.2, 0) is 25.2 Å². The van der Waals surface area contributed by atoms with E-state index in [-0.39, 0.29) is 17.5 Å². The predicted molar refractivity (Wildman–Crippen MR) is 153 cm³/mol. The summed E-state index contributed by atoms with van der Waals surface area (Å²) in [6, 6.07) is 33.0. The lowest BCUT2D eigenvalue weighted by molar-refractivity contribution is -0.188. The summed E-state index contributed by atoms with van der Waals surface area (Å²) in [6.07, 6.45) is 2.28. The second-order valence-electron chi connectivity index (χ2n) is 9.47. The van der Waals surface area contributed by atoms with Crippen LogP contribution in [0.1, 0.15) is 30.4 Å². The third-order valence-electron chi connectivity index (χ3n) is 6.43. The Bertz CT molecular complexity index is 1300. The average molecular weight is 542 g/mol. The van der Waals surface area contributed by atoms with Crippen molar-refractivity contribution in [3.63, 3.8) is 0 Å². The highest BCUT2D eigenvalue weighted by molar-refractivity contribution is 7.97. The lowest BCUT2D eigenvalue weighted by Crippen LogP contribution is -2.27. The molecule has 0 amide bonds. The highest BCUT2D eigenvalue weighted by atomic mass is 32.2. The molecule has 0 N–H and O–H groups in total. The Morgan fingerprint density at radius 1 is 0.795 bits per heavy atom. The van der Waals surface area contributed by atoms with E-state index in [1.165, 1.54) is 14.7 Å². The van der Waals surface area contributed by atoms with Gasteiger partial charge in [-0.05, 0) is 86.3 Å². The van der Waals surface area contributed by atoms with Gasteiger partial charge in [-0.1, -0.05) is 36.4 Å². The summed E-state index contributed by atoms with van der Waals surface area (Å²) in [4.78, 5) is 15.9. The van der Waals surface area contributed by atoms with E-state index in [2.05, 4.69) is 86.6 Å².